The molecule has 5 heteroatoms. The Bertz CT molecular complexity index is 496. The Morgan fingerprint density at radius 3 is 2.62 bits per heavy atom. The molecule has 1 saturated heterocycles. The maximum Gasteiger partial charge on any atom is 0.315 e. The zero-order valence-electron chi connectivity index (χ0n) is 12.2. The smallest absolute Gasteiger partial charge is 0.315 e. The first kappa shape index (κ1) is 15.5. The van der Waals surface area contributed by atoms with Gasteiger partial charge in [-0.1, -0.05) is 37.3 Å². The molecule has 0 spiro atoms. The van der Waals surface area contributed by atoms with Crippen LogP contribution in [0.3, 0.4) is 0 Å². The van der Waals surface area contributed by atoms with E-state index >= 15 is 0 Å². The number of nitrogens with one attached hydrogen (secondary N) is 1. The van der Waals surface area contributed by atoms with Crippen LogP contribution in [0.2, 0.25) is 0 Å². The van der Waals surface area contributed by atoms with Gasteiger partial charge in [0.1, 0.15) is 11.5 Å². The highest BCUT2D eigenvalue weighted by Crippen LogP contribution is 2.28. The Morgan fingerprint density at radius 2 is 2.10 bits per heavy atom. The molecule has 0 bridgehead atoms. The van der Waals surface area contributed by atoms with Gasteiger partial charge in [-0.2, -0.15) is 0 Å². The summed E-state index contributed by atoms with van der Waals surface area (Å²) >= 11 is 0. The molecular formula is C16H21NO4. The van der Waals surface area contributed by atoms with Crippen molar-refractivity contribution in [1.82, 2.24) is 5.32 Å². The van der Waals surface area contributed by atoms with Crippen molar-refractivity contribution < 1.29 is 19.4 Å². The number of amides is 1. The maximum absolute atomic E-state index is 12.0. The predicted molar refractivity (Wildman–Crippen MR) is 78.0 cm³/mol. The van der Waals surface area contributed by atoms with Gasteiger partial charge in [-0.15, -0.1) is 0 Å². The monoisotopic (exact) mass is 291 g/mol. The van der Waals surface area contributed by atoms with E-state index in [1.165, 1.54) is 0 Å². The van der Waals surface area contributed by atoms with Crippen molar-refractivity contribution in [3.05, 3.63) is 35.9 Å². The fourth-order valence-corrected chi connectivity index (χ4v) is 2.67. The van der Waals surface area contributed by atoms with E-state index in [4.69, 9.17) is 4.74 Å². The molecule has 0 aliphatic carbocycles. The number of rotatable bonds is 6. The molecule has 0 aromatic heterocycles. The van der Waals surface area contributed by atoms with Crippen molar-refractivity contribution in [2.24, 2.45) is 0 Å². The molecule has 1 aromatic rings. The Hall–Kier alpha value is -1.88. The highest BCUT2D eigenvalue weighted by molar-refractivity contribution is 5.85. The largest absolute Gasteiger partial charge is 0.481 e. The molecule has 5 nitrogen and oxygen atoms in total. The molecule has 1 aliphatic heterocycles. The van der Waals surface area contributed by atoms with Gasteiger partial charge in [-0.05, 0) is 24.8 Å². The first-order chi connectivity index (χ1) is 10.1. The second kappa shape index (κ2) is 6.72. The van der Waals surface area contributed by atoms with Gasteiger partial charge < -0.3 is 15.2 Å². The van der Waals surface area contributed by atoms with Crippen LogP contribution in [-0.2, 0) is 19.7 Å². The minimum Gasteiger partial charge on any atom is -0.481 e. The number of carbonyl (C=O) groups is 2. The number of carboxylic acid groups (broad SMARTS) is 1. The van der Waals surface area contributed by atoms with Gasteiger partial charge >= 0.3 is 5.97 Å². The molecule has 1 amide bonds. The summed E-state index contributed by atoms with van der Waals surface area (Å²) in [6.45, 7) is 2.48. The van der Waals surface area contributed by atoms with Crippen LogP contribution in [0.5, 0.6) is 0 Å². The van der Waals surface area contributed by atoms with Crippen molar-refractivity contribution in [3.63, 3.8) is 0 Å². The normalized spacial score (nSPS) is 20.7. The number of aliphatic carboxylic acids is 1. The lowest BCUT2D eigenvalue weighted by Gasteiger charge is -2.29. The van der Waals surface area contributed by atoms with Crippen LogP contribution in [0.1, 0.15) is 31.7 Å². The molecule has 2 atom stereocenters. The van der Waals surface area contributed by atoms with E-state index in [-0.39, 0.29) is 12.5 Å². The van der Waals surface area contributed by atoms with Crippen molar-refractivity contribution >= 4 is 11.9 Å². The quantitative estimate of drug-likeness (QED) is 0.836. The molecule has 2 N–H and O–H groups in total. The van der Waals surface area contributed by atoms with E-state index in [1.807, 2.05) is 25.1 Å². The van der Waals surface area contributed by atoms with Gasteiger partial charge in [0.25, 0.3) is 0 Å². The van der Waals surface area contributed by atoms with Crippen LogP contribution >= 0.6 is 0 Å². The Balaban J connectivity index is 2.13. The first-order valence-corrected chi connectivity index (χ1v) is 7.28. The van der Waals surface area contributed by atoms with Crippen LogP contribution in [0, 0.1) is 0 Å². The van der Waals surface area contributed by atoms with Gasteiger partial charge in [-0.25, -0.2) is 0 Å². The van der Waals surface area contributed by atoms with Crippen molar-refractivity contribution in [1.29, 1.82) is 0 Å². The van der Waals surface area contributed by atoms with E-state index in [2.05, 4.69) is 5.32 Å². The van der Waals surface area contributed by atoms with Gasteiger partial charge in [0.05, 0.1) is 0 Å². The molecule has 1 fully saturated rings. The summed E-state index contributed by atoms with van der Waals surface area (Å²) in [5, 5.41) is 12.4. The zero-order valence-corrected chi connectivity index (χ0v) is 12.2. The summed E-state index contributed by atoms with van der Waals surface area (Å²) in [6, 6.07) is 9.04. The minimum absolute atomic E-state index is 0.0710. The van der Waals surface area contributed by atoms with Crippen molar-refractivity contribution in [2.75, 3.05) is 13.2 Å². The van der Waals surface area contributed by atoms with E-state index in [1.54, 1.807) is 12.1 Å². The van der Waals surface area contributed by atoms with Crippen LogP contribution in [-0.4, -0.2) is 36.2 Å². The lowest BCUT2D eigenvalue weighted by Crippen LogP contribution is -2.48. The zero-order chi connectivity index (χ0) is 15.3. The third-order valence-corrected chi connectivity index (χ3v) is 4.13. The van der Waals surface area contributed by atoms with E-state index < -0.39 is 17.5 Å². The van der Waals surface area contributed by atoms with Crippen molar-refractivity contribution in [2.45, 2.75) is 37.7 Å². The lowest BCUT2D eigenvalue weighted by atomic mass is 9.78. The molecule has 2 rings (SSSR count). The predicted octanol–water partition coefficient (Wildman–Crippen LogP) is 1.71. The van der Waals surface area contributed by atoms with E-state index in [0.717, 1.165) is 6.42 Å². The first-order valence-electron chi connectivity index (χ1n) is 7.28. The summed E-state index contributed by atoms with van der Waals surface area (Å²) < 4.78 is 5.32. The minimum atomic E-state index is -1.10. The number of carboxylic acids is 1. The molecule has 1 aliphatic rings. The van der Waals surface area contributed by atoms with Crippen LogP contribution in [0.4, 0.5) is 0 Å². The molecule has 1 heterocycles. The third kappa shape index (κ3) is 3.24. The second-order valence-electron chi connectivity index (χ2n) is 5.33. The number of hydrogen-bond acceptors (Lipinski definition) is 3. The third-order valence-electron chi connectivity index (χ3n) is 4.13. The highest BCUT2D eigenvalue weighted by Gasteiger charge is 2.39. The lowest BCUT2D eigenvalue weighted by molar-refractivity contribution is -0.144. The Morgan fingerprint density at radius 1 is 1.38 bits per heavy atom. The standard InChI is InChI=1S/C16H21NO4/c1-2-16(15(19)20,12-7-4-3-5-8-12)11-17-14(18)13-9-6-10-21-13/h3-5,7-8,13H,2,6,9-11H2,1H3,(H,17,18)(H,19,20)/t13-,16?/m0/s1. The highest BCUT2D eigenvalue weighted by atomic mass is 16.5. The number of benzene rings is 1. The Kier molecular flexibility index (Phi) is 4.96. The topological polar surface area (TPSA) is 75.6 Å². The van der Waals surface area contributed by atoms with E-state index in [0.29, 0.717) is 25.0 Å². The van der Waals surface area contributed by atoms with Gasteiger partial charge in [0.2, 0.25) is 5.91 Å². The SMILES string of the molecule is CCC(CNC(=O)[C@@H]1CCCO1)(C(=O)O)c1ccccc1. The Labute approximate surface area is 124 Å². The molecule has 1 aromatic carbocycles. The summed E-state index contributed by atoms with van der Waals surface area (Å²) in [7, 11) is 0. The fraction of sp³-hybridized carbons (Fsp3) is 0.500. The van der Waals surface area contributed by atoms with Crippen LogP contribution in [0.25, 0.3) is 0 Å². The van der Waals surface area contributed by atoms with Crippen LogP contribution in [0.15, 0.2) is 30.3 Å². The number of hydrogen-bond donors (Lipinski definition) is 2. The average Bonchev–Trinajstić information content (AvgIpc) is 3.03. The summed E-state index contributed by atoms with van der Waals surface area (Å²) in [5.74, 6) is -1.15. The molecule has 114 valence electrons. The number of ether oxygens (including phenoxy) is 1. The molecule has 1 unspecified atom stereocenters. The van der Waals surface area contributed by atoms with E-state index in [9.17, 15) is 14.7 Å². The van der Waals surface area contributed by atoms with Gasteiger partial charge in [0.15, 0.2) is 0 Å². The maximum atomic E-state index is 12.0. The number of carbonyl (C=O) groups excluding carboxylic acids is 1. The molecule has 21 heavy (non-hydrogen) atoms. The molecule has 0 saturated carbocycles. The average molecular weight is 291 g/mol. The van der Waals surface area contributed by atoms with Crippen molar-refractivity contribution in [3.8, 4) is 0 Å². The van der Waals surface area contributed by atoms with Gasteiger partial charge in [-0.3, -0.25) is 9.59 Å². The molecular weight excluding hydrogens is 270 g/mol. The summed E-state index contributed by atoms with van der Waals surface area (Å²) in [4.78, 5) is 23.8. The second-order valence-corrected chi connectivity index (χ2v) is 5.33. The summed E-state index contributed by atoms with van der Waals surface area (Å²) in [6.07, 6.45) is 1.53. The van der Waals surface area contributed by atoms with Crippen LogP contribution < -0.4 is 5.32 Å². The fourth-order valence-electron chi connectivity index (χ4n) is 2.67. The van der Waals surface area contributed by atoms with Gasteiger partial charge in [0, 0.05) is 13.2 Å². The molecule has 0 radical (unpaired) electrons. The summed E-state index contributed by atoms with van der Waals surface area (Å²) in [5.41, 5.74) is -0.400.